The minimum atomic E-state index is -4.07. The number of hydrogen-bond acceptors (Lipinski definition) is 3. The van der Waals surface area contributed by atoms with Crippen LogP contribution in [0.25, 0.3) is 0 Å². The Morgan fingerprint density at radius 3 is 2.18 bits per heavy atom. The van der Waals surface area contributed by atoms with E-state index in [1.54, 1.807) is 26.8 Å². The lowest BCUT2D eigenvalue weighted by Crippen LogP contribution is -2.19. The molecule has 1 rings (SSSR count). The Labute approximate surface area is 105 Å². The van der Waals surface area contributed by atoms with Gasteiger partial charge in [0.2, 0.25) is 0 Å². The monoisotopic (exact) mass is 276 g/mol. The number of carboxylic acid groups (broad SMARTS) is 1. The predicted octanol–water partition coefficient (Wildman–Crippen LogP) is 2.61. The van der Waals surface area contributed by atoms with Crippen LogP contribution in [0.3, 0.4) is 0 Å². The normalized spacial score (nSPS) is 12.5. The summed E-state index contributed by atoms with van der Waals surface area (Å²) in [6.45, 7) is 5.41. The van der Waals surface area contributed by atoms with Crippen LogP contribution in [0.5, 0.6) is 0 Å². The molecule has 0 aliphatic heterocycles. The maximum Gasteiger partial charge on any atom is 0.337 e. The molecule has 0 aliphatic carbocycles. The van der Waals surface area contributed by atoms with Crippen LogP contribution in [0.2, 0.25) is 0 Å². The minimum absolute atomic E-state index is 0.255. The summed E-state index contributed by atoms with van der Waals surface area (Å²) in [7, 11) is 1.17. The first-order valence-electron chi connectivity index (χ1n) is 4.86. The highest BCUT2D eigenvalue weighted by Crippen LogP contribution is 2.31. The van der Waals surface area contributed by atoms with Crippen LogP contribution < -0.4 is 0 Å². The van der Waals surface area contributed by atoms with Gasteiger partial charge in [0, 0.05) is 10.7 Å². The Morgan fingerprint density at radius 1 is 1.29 bits per heavy atom. The molecule has 0 atom stereocenters. The topological polar surface area (TPSA) is 71.4 Å². The predicted molar refractivity (Wildman–Crippen MR) is 65.1 cm³/mol. The van der Waals surface area contributed by atoms with Gasteiger partial charge in [0.25, 0.3) is 9.05 Å². The number of halogens is 1. The molecule has 0 bridgehead atoms. The summed E-state index contributed by atoms with van der Waals surface area (Å²) < 4.78 is 22.7. The van der Waals surface area contributed by atoms with Gasteiger partial charge in [0.15, 0.2) is 0 Å². The highest BCUT2D eigenvalue weighted by molar-refractivity contribution is 8.13. The fourth-order valence-electron chi connectivity index (χ4n) is 1.58. The van der Waals surface area contributed by atoms with Crippen LogP contribution in [0.4, 0.5) is 0 Å². The molecule has 0 unspecified atom stereocenters. The van der Waals surface area contributed by atoms with Gasteiger partial charge < -0.3 is 5.11 Å². The first kappa shape index (κ1) is 14.0. The van der Waals surface area contributed by atoms with Crippen LogP contribution in [0.1, 0.15) is 36.7 Å². The van der Waals surface area contributed by atoms with Gasteiger partial charge in [-0.3, -0.25) is 0 Å². The Bertz CT molecular complexity index is 555. The first-order chi connectivity index (χ1) is 7.55. The molecule has 0 spiro atoms. The molecule has 4 nitrogen and oxygen atoms in total. The number of benzene rings is 1. The van der Waals surface area contributed by atoms with E-state index in [1.807, 2.05) is 0 Å². The standard InChI is InChI=1S/C11H13ClO4S/c1-11(2,3)7-5-4-6-8(17(12,15)16)9(7)10(13)14/h4-6H,1-3H3,(H,13,14). The van der Waals surface area contributed by atoms with E-state index < -0.39 is 20.4 Å². The van der Waals surface area contributed by atoms with Crippen molar-refractivity contribution in [3.8, 4) is 0 Å². The van der Waals surface area contributed by atoms with Gasteiger partial charge >= 0.3 is 5.97 Å². The largest absolute Gasteiger partial charge is 0.478 e. The van der Waals surface area contributed by atoms with E-state index in [9.17, 15) is 13.2 Å². The zero-order valence-corrected chi connectivity index (χ0v) is 11.3. The fraction of sp³-hybridized carbons (Fsp3) is 0.364. The summed E-state index contributed by atoms with van der Waals surface area (Å²) in [5.41, 5.74) is -0.299. The van der Waals surface area contributed by atoms with Gasteiger partial charge in [-0.15, -0.1) is 0 Å². The van der Waals surface area contributed by atoms with E-state index in [4.69, 9.17) is 15.8 Å². The fourth-order valence-corrected chi connectivity index (χ4v) is 2.65. The van der Waals surface area contributed by atoms with Gasteiger partial charge in [-0.1, -0.05) is 32.9 Å². The molecular weight excluding hydrogens is 264 g/mol. The molecule has 0 saturated heterocycles. The number of rotatable bonds is 2. The Balaban J connectivity index is 3.73. The van der Waals surface area contributed by atoms with E-state index in [1.165, 1.54) is 12.1 Å². The molecule has 94 valence electrons. The molecule has 0 aliphatic rings. The van der Waals surface area contributed by atoms with E-state index in [-0.39, 0.29) is 10.5 Å². The number of carboxylic acids is 1. The second-order valence-corrected chi connectivity index (χ2v) is 7.21. The smallest absolute Gasteiger partial charge is 0.337 e. The van der Waals surface area contributed by atoms with Crippen LogP contribution >= 0.6 is 10.7 Å². The third-order valence-corrected chi connectivity index (χ3v) is 3.68. The van der Waals surface area contributed by atoms with Crippen molar-refractivity contribution in [2.24, 2.45) is 0 Å². The molecule has 0 fully saturated rings. The van der Waals surface area contributed by atoms with Gasteiger partial charge in [-0.25, -0.2) is 13.2 Å². The molecule has 0 saturated carbocycles. The molecule has 0 amide bonds. The molecule has 6 heteroatoms. The molecule has 17 heavy (non-hydrogen) atoms. The van der Waals surface area contributed by atoms with E-state index >= 15 is 0 Å². The Kier molecular flexibility index (Phi) is 3.55. The van der Waals surface area contributed by atoms with E-state index in [0.717, 1.165) is 0 Å². The molecule has 1 N–H and O–H groups in total. The second kappa shape index (κ2) is 4.31. The van der Waals surface area contributed by atoms with Gasteiger partial charge in [0.05, 0.1) is 10.5 Å². The van der Waals surface area contributed by atoms with Crippen LogP contribution in [-0.4, -0.2) is 19.5 Å². The summed E-state index contributed by atoms with van der Waals surface area (Å²) in [6.07, 6.45) is 0. The maximum atomic E-state index is 11.3. The lowest BCUT2D eigenvalue weighted by molar-refractivity contribution is 0.0690. The van der Waals surface area contributed by atoms with Crippen molar-refractivity contribution in [1.82, 2.24) is 0 Å². The van der Waals surface area contributed by atoms with Crippen molar-refractivity contribution >= 4 is 25.7 Å². The molecular formula is C11H13ClO4S. The maximum absolute atomic E-state index is 11.3. The Morgan fingerprint density at radius 2 is 1.82 bits per heavy atom. The average Bonchev–Trinajstić information content (AvgIpc) is 2.13. The first-order valence-corrected chi connectivity index (χ1v) is 7.17. The molecule has 0 aromatic heterocycles. The van der Waals surface area contributed by atoms with Crippen LogP contribution in [0, 0.1) is 0 Å². The van der Waals surface area contributed by atoms with Crippen molar-refractivity contribution in [2.75, 3.05) is 0 Å². The second-order valence-electron chi connectivity index (χ2n) is 4.67. The van der Waals surface area contributed by atoms with E-state index in [2.05, 4.69) is 0 Å². The summed E-state index contributed by atoms with van der Waals surface area (Å²) in [4.78, 5) is 10.9. The van der Waals surface area contributed by atoms with Crippen LogP contribution in [-0.2, 0) is 14.5 Å². The summed E-state index contributed by atoms with van der Waals surface area (Å²) in [5, 5.41) is 9.15. The van der Waals surface area contributed by atoms with Crippen LogP contribution in [0.15, 0.2) is 23.1 Å². The number of hydrogen-bond donors (Lipinski definition) is 1. The lowest BCUT2D eigenvalue weighted by Gasteiger charge is -2.22. The van der Waals surface area contributed by atoms with Crippen molar-refractivity contribution in [3.05, 3.63) is 29.3 Å². The number of aromatic carboxylic acids is 1. The summed E-state index contributed by atoms with van der Waals surface area (Å²) >= 11 is 0. The van der Waals surface area contributed by atoms with Crippen molar-refractivity contribution in [3.63, 3.8) is 0 Å². The quantitative estimate of drug-likeness (QED) is 0.843. The minimum Gasteiger partial charge on any atom is -0.478 e. The molecule has 0 heterocycles. The Hall–Kier alpha value is -1.07. The third kappa shape index (κ3) is 2.98. The molecule has 0 radical (unpaired) electrons. The highest BCUT2D eigenvalue weighted by Gasteiger charge is 2.28. The van der Waals surface area contributed by atoms with Crippen molar-refractivity contribution in [2.45, 2.75) is 31.1 Å². The zero-order chi connectivity index (χ0) is 13.4. The van der Waals surface area contributed by atoms with Crippen molar-refractivity contribution < 1.29 is 18.3 Å². The molecule has 1 aromatic rings. The van der Waals surface area contributed by atoms with Gasteiger partial charge in [-0.2, -0.15) is 0 Å². The summed E-state index contributed by atoms with van der Waals surface area (Å²) in [6, 6.07) is 4.28. The number of carbonyl (C=O) groups is 1. The van der Waals surface area contributed by atoms with E-state index in [0.29, 0.717) is 5.56 Å². The molecule has 1 aromatic carbocycles. The lowest BCUT2D eigenvalue weighted by atomic mass is 9.84. The zero-order valence-electron chi connectivity index (χ0n) is 9.69. The average molecular weight is 277 g/mol. The summed E-state index contributed by atoms with van der Waals surface area (Å²) in [5.74, 6) is -1.30. The van der Waals surface area contributed by atoms with Crippen molar-refractivity contribution in [1.29, 1.82) is 0 Å². The third-order valence-electron chi connectivity index (χ3n) is 2.31. The van der Waals surface area contributed by atoms with Gasteiger partial charge in [-0.05, 0) is 17.0 Å². The highest BCUT2D eigenvalue weighted by atomic mass is 35.7. The van der Waals surface area contributed by atoms with Gasteiger partial charge in [0.1, 0.15) is 0 Å². The SMILES string of the molecule is CC(C)(C)c1cccc(S(=O)(=O)Cl)c1C(=O)O.